The van der Waals surface area contributed by atoms with Gasteiger partial charge in [-0.1, -0.05) is 34.1 Å². The molecule has 0 aliphatic carbocycles. The van der Waals surface area contributed by atoms with Crippen LogP contribution in [0.15, 0.2) is 81.2 Å². The highest BCUT2D eigenvalue weighted by Gasteiger charge is 2.37. The van der Waals surface area contributed by atoms with E-state index in [9.17, 15) is 24.5 Å². The molecule has 0 bridgehead atoms. The Labute approximate surface area is 215 Å². The summed E-state index contributed by atoms with van der Waals surface area (Å²) in [5.74, 6) is -1.12. The van der Waals surface area contributed by atoms with E-state index < -0.39 is 22.8 Å². The van der Waals surface area contributed by atoms with Gasteiger partial charge in [-0.05, 0) is 69.5 Å². The highest BCUT2D eigenvalue weighted by molar-refractivity contribution is 9.10. The van der Waals surface area contributed by atoms with Crippen molar-refractivity contribution in [2.24, 2.45) is 0 Å². The summed E-state index contributed by atoms with van der Waals surface area (Å²) in [7, 11) is 0. The number of nitro groups is 1. The van der Waals surface area contributed by atoms with E-state index in [0.29, 0.717) is 22.4 Å². The highest BCUT2D eigenvalue weighted by Crippen LogP contribution is 2.29. The maximum atomic E-state index is 13.0. The van der Waals surface area contributed by atoms with Crippen molar-refractivity contribution in [3.63, 3.8) is 0 Å². The summed E-state index contributed by atoms with van der Waals surface area (Å²) in [6.07, 6.45) is 1.35. The smallest absolute Gasteiger partial charge is 0.335 e. The molecule has 0 atom stereocenters. The number of amides is 4. The minimum atomic E-state index is -0.941. The van der Waals surface area contributed by atoms with Gasteiger partial charge < -0.3 is 4.74 Å². The van der Waals surface area contributed by atoms with Gasteiger partial charge in [-0.3, -0.25) is 25.0 Å². The first-order chi connectivity index (χ1) is 16.7. The molecule has 4 amide bonds. The van der Waals surface area contributed by atoms with Gasteiger partial charge in [0.25, 0.3) is 17.5 Å². The number of ether oxygens (including phenoxy) is 1. The average Bonchev–Trinajstić information content (AvgIpc) is 2.82. The van der Waals surface area contributed by atoms with Gasteiger partial charge >= 0.3 is 6.03 Å². The first-order valence-electron chi connectivity index (χ1n) is 10.1. The Kier molecular flexibility index (Phi) is 7.08. The number of halogens is 2. The number of barbiturate groups is 1. The molecule has 4 rings (SSSR count). The van der Waals surface area contributed by atoms with E-state index >= 15 is 0 Å². The van der Waals surface area contributed by atoms with Crippen LogP contribution in [0, 0.1) is 10.1 Å². The highest BCUT2D eigenvalue weighted by atomic mass is 79.9. The molecule has 1 aliphatic heterocycles. The molecule has 0 unspecified atom stereocenters. The van der Waals surface area contributed by atoms with Crippen molar-refractivity contribution < 1.29 is 24.0 Å². The van der Waals surface area contributed by atoms with E-state index in [2.05, 4.69) is 37.2 Å². The summed E-state index contributed by atoms with van der Waals surface area (Å²) in [5.41, 5.74) is 1.13. The van der Waals surface area contributed by atoms with Crippen molar-refractivity contribution in [3.05, 3.63) is 102 Å². The molecular weight excluding hydrogens is 586 g/mol. The van der Waals surface area contributed by atoms with Crippen LogP contribution in [0.4, 0.5) is 16.2 Å². The molecule has 0 spiro atoms. The third-order valence-corrected chi connectivity index (χ3v) is 6.14. The number of hydrogen-bond donors (Lipinski definition) is 1. The van der Waals surface area contributed by atoms with Crippen molar-refractivity contribution in [1.29, 1.82) is 0 Å². The van der Waals surface area contributed by atoms with Crippen LogP contribution in [0.2, 0.25) is 0 Å². The van der Waals surface area contributed by atoms with Crippen molar-refractivity contribution in [3.8, 4) is 5.75 Å². The first-order valence-corrected chi connectivity index (χ1v) is 11.6. The maximum absolute atomic E-state index is 13.0. The lowest BCUT2D eigenvalue weighted by Crippen LogP contribution is -2.54. The van der Waals surface area contributed by atoms with Crippen molar-refractivity contribution in [2.45, 2.75) is 6.61 Å². The third kappa shape index (κ3) is 5.47. The number of nitrogens with zero attached hydrogens (tertiary/aromatic N) is 2. The minimum Gasteiger partial charge on any atom is -0.488 e. The van der Waals surface area contributed by atoms with Crippen LogP contribution in [0.3, 0.4) is 0 Å². The van der Waals surface area contributed by atoms with Crippen LogP contribution < -0.4 is 15.0 Å². The second-order valence-electron chi connectivity index (χ2n) is 7.34. The lowest BCUT2D eigenvalue weighted by molar-refractivity contribution is -0.384. The quantitative estimate of drug-likeness (QED) is 0.176. The summed E-state index contributed by atoms with van der Waals surface area (Å²) in [5, 5.41) is 13.0. The van der Waals surface area contributed by atoms with Gasteiger partial charge in [0.1, 0.15) is 17.9 Å². The van der Waals surface area contributed by atoms with E-state index in [1.165, 1.54) is 30.3 Å². The molecule has 0 radical (unpaired) electrons. The molecule has 1 fully saturated rings. The van der Waals surface area contributed by atoms with Crippen molar-refractivity contribution in [1.82, 2.24) is 5.32 Å². The molecule has 9 nitrogen and oxygen atoms in total. The van der Waals surface area contributed by atoms with Gasteiger partial charge in [-0.2, -0.15) is 0 Å². The molecule has 11 heteroatoms. The average molecular weight is 601 g/mol. The number of nitrogens with one attached hydrogen (secondary N) is 1. The third-order valence-electron chi connectivity index (χ3n) is 4.99. The molecule has 35 heavy (non-hydrogen) atoms. The fourth-order valence-electron chi connectivity index (χ4n) is 3.25. The Bertz CT molecular complexity index is 1370. The fraction of sp³-hybridized carbons (Fsp3) is 0.0417. The second-order valence-corrected chi connectivity index (χ2v) is 9.11. The van der Waals surface area contributed by atoms with Gasteiger partial charge in [0.05, 0.1) is 15.1 Å². The Morgan fingerprint density at radius 1 is 0.971 bits per heavy atom. The maximum Gasteiger partial charge on any atom is 0.335 e. The summed E-state index contributed by atoms with van der Waals surface area (Å²) in [6, 6.07) is 16.7. The number of rotatable bonds is 6. The van der Waals surface area contributed by atoms with Crippen LogP contribution in [0.1, 0.15) is 11.1 Å². The summed E-state index contributed by atoms with van der Waals surface area (Å²) in [4.78, 5) is 48.8. The molecule has 176 valence electrons. The number of imide groups is 2. The Morgan fingerprint density at radius 3 is 2.29 bits per heavy atom. The van der Waals surface area contributed by atoms with E-state index in [1.54, 1.807) is 18.2 Å². The summed E-state index contributed by atoms with van der Waals surface area (Å²) >= 11 is 6.82. The Morgan fingerprint density at radius 2 is 1.66 bits per heavy atom. The van der Waals surface area contributed by atoms with Crippen LogP contribution in [0.5, 0.6) is 5.75 Å². The van der Waals surface area contributed by atoms with Gasteiger partial charge in [-0.25, -0.2) is 9.69 Å². The zero-order chi connectivity index (χ0) is 25.1. The number of carbonyl (C=O) groups is 3. The molecule has 0 aromatic heterocycles. The number of nitro benzene ring substituents is 1. The van der Waals surface area contributed by atoms with E-state index in [-0.39, 0.29) is 16.9 Å². The van der Waals surface area contributed by atoms with Crippen molar-refractivity contribution in [2.75, 3.05) is 4.90 Å². The van der Waals surface area contributed by atoms with E-state index in [1.807, 2.05) is 24.3 Å². The predicted molar refractivity (Wildman–Crippen MR) is 135 cm³/mol. The fourth-order valence-corrected chi connectivity index (χ4v) is 4.02. The van der Waals surface area contributed by atoms with Gasteiger partial charge in [0.15, 0.2) is 0 Å². The van der Waals surface area contributed by atoms with Gasteiger partial charge in [0.2, 0.25) is 0 Å². The number of hydrogen-bond acceptors (Lipinski definition) is 6. The molecule has 0 saturated carbocycles. The van der Waals surface area contributed by atoms with Crippen molar-refractivity contribution >= 4 is 67.2 Å². The van der Waals surface area contributed by atoms with Crippen LogP contribution in [0.25, 0.3) is 6.08 Å². The van der Waals surface area contributed by atoms with Crippen LogP contribution in [-0.2, 0) is 16.2 Å². The Hall–Kier alpha value is -3.83. The number of carbonyl (C=O) groups excluding carboxylic acids is 3. The second kappa shape index (κ2) is 10.2. The molecule has 1 aliphatic rings. The topological polar surface area (TPSA) is 119 Å². The monoisotopic (exact) mass is 599 g/mol. The van der Waals surface area contributed by atoms with Crippen LogP contribution >= 0.6 is 31.9 Å². The van der Waals surface area contributed by atoms with Gasteiger partial charge in [0, 0.05) is 16.6 Å². The molecule has 1 heterocycles. The SMILES string of the molecule is O=C1NC(=O)N(c2ccc([N+](=O)[O-])cc2)C(=O)/C1=C/c1ccc(OCc2ccc(Br)cc2)c(Br)c1. The molecule has 1 N–H and O–H groups in total. The normalized spacial score (nSPS) is 14.7. The lowest BCUT2D eigenvalue weighted by atomic mass is 10.1. The first kappa shape index (κ1) is 24.3. The van der Waals surface area contributed by atoms with E-state index in [4.69, 9.17) is 4.74 Å². The summed E-state index contributed by atoms with van der Waals surface area (Å²) in [6.45, 7) is 0.347. The number of non-ortho nitro benzene ring substituents is 1. The molecule has 3 aromatic carbocycles. The number of anilines is 1. The molecule has 1 saturated heterocycles. The van der Waals surface area contributed by atoms with E-state index in [0.717, 1.165) is 14.9 Å². The Balaban J connectivity index is 1.55. The predicted octanol–water partition coefficient (Wildman–Crippen LogP) is 5.37. The zero-order valence-corrected chi connectivity index (χ0v) is 20.9. The molecular formula is C24H15Br2N3O6. The number of urea groups is 1. The summed E-state index contributed by atoms with van der Waals surface area (Å²) < 4.78 is 7.41. The lowest BCUT2D eigenvalue weighted by Gasteiger charge is -2.26. The largest absolute Gasteiger partial charge is 0.488 e. The zero-order valence-electron chi connectivity index (χ0n) is 17.7. The standard InChI is InChI=1S/C24H15Br2N3O6/c25-16-4-1-14(2-5-16)13-35-21-10-3-15(12-20(21)26)11-19-22(30)27-24(32)28(23(19)31)17-6-8-18(9-7-17)29(33)34/h1-12H,13H2,(H,27,30,32)/b19-11+. The molecule has 3 aromatic rings. The van der Waals surface area contributed by atoms with Gasteiger partial charge in [-0.15, -0.1) is 0 Å². The van der Waals surface area contributed by atoms with Crippen LogP contribution in [-0.4, -0.2) is 22.8 Å². The number of benzene rings is 3. The minimum absolute atomic E-state index is 0.0920.